The third-order valence-electron chi connectivity index (χ3n) is 5.52. The number of pyridine rings is 1. The van der Waals surface area contributed by atoms with E-state index in [0.29, 0.717) is 11.4 Å². The molecule has 3 aromatic heterocycles. The molecule has 0 aliphatic heterocycles. The molecule has 1 aliphatic carbocycles. The Labute approximate surface area is 163 Å². The number of nitrogens with zero attached hydrogens (tertiary/aromatic N) is 4. The second kappa shape index (κ2) is 5.94. The van der Waals surface area contributed by atoms with E-state index < -0.39 is 16.7 Å². The zero-order chi connectivity index (χ0) is 20.3. The van der Waals surface area contributed by atoms with Crippen molar-refractivity contribution in [3.63, 3.8) is 0 Å². The molecule has 0 unspecified atom stereocenters. The summed E-state index contributed by atoms with van der Waals surface area (Å²) in [6.45, 7) is 1.93. The summed E-state index contributed by atoms with van der Waals surface area (Å²) in [4.78, 5) is 34.8. The van der Waals surface area contributed by atoms with Gasteiger partial charge in [-0.05, 0) is 49.1 Å². The second-order valence-corrected chi connectivity index (χ2v) is 7.38. The summed E-state index contributed by atoms with van der Waals surface area (Å²) >= 11 is 0. The van der Waals surface area contributed by atoms with Crippen molar-refractivity contribution >= 4 is 11.0 Å². The van der Waals surface area contributed by atoms with Crippen LogP contribution in [0, 0.1) is 12.7 Å². The Kier molecular flexibility index (Phi) is 3.58. The van der Waals surface area contributed by atoms with Crippen molar-refractivity contribution in [3.05, 3.63) is 74.1 Å². The maximum atomic E-state index is 13.8. The fraction of sp³-hybridized carbons (Fsp3) is 0.250. The van der Waals surface area contributed by atoms with Crippen LogP contribution >= 0.6 is 0 Å². The Morgan fingerprint density at radius 2 is 2.03 bits per heavy atom. The van der Waals surface area contributed by atoms with Crippen LogP contribution in [-0.2, 0) is 12.5 Å². The molecular formula is C20H16FN5O3. The van der Waals surface area contributed by atoms with Crippen LogP contribution in [0.5, 0.6) is 0 Å². The van der Waals surface area contributed by atoms with Crippen molar-refractivity contribution < 1.29 is 8.91 Å². The standard InChI is InChI=1S/C20H16FN5O3/c1-10-3-4-12(21)8-14(10)20(5-6-20)18-24-17(29-25-18)11-7-13-15(22-9-11)26(2)19(28)23-16(13)27/h3-4,7-9H,5-6H2,1-2H3,(H,23,27,28). The summed E-state index contributed by atoms with van der Waals surface area (Å²) in [5.41, 5.74) is 1.02. The predicted octanol–water partition coefficient (Wildman–Crippen LogP) is 2.20. The van der Waals surface area contributed by atoms with Gasteiger partial charge in [-0.1, -0.05) is 11.2 Å². The fourth-order valence-corrected chi connectivity index (χ4v) is 3.74. The number of benzene rings is 1. The molecule has 8 nitrogen and oxygen atoms in total. The van der Waals surface area contributed by atoms with Crippen molar-refractivity contribution in [3.8, 4) is 11.5 Å². The van der Waals surface area contributed by atoms with Gasteiger partial charge in [-0.25, -0.2) is 14.2 Å². The highest BCUT2D eigenvalue weighted by atomic mass is 19.1. The molecule has 0 saturated heterocycles. The van der Waals surface area contributed by atoms with Crippen LogP contribution in [0.25, 0.3) is 22.5 Å². The number of aromatic nitrogens is 5. The normalized spacial score (nSPS) is 15.0. The molecule has 1 N–H and O–H groups in total. The number of aryl methyl sites for hydroxylation is 2. The molecule has 1 aliphatic rings. The minimum Gasteiger partial charge on any atom is -0.334 e. The topological polar surface area (TPSA) is 107 Å². The number of hydrogen-bond donors (Lipinski definition) is 1. The largest absolute Gasteiger partial charge is 0.334 e. The van der Waals surface area contributed by atoms with Crippen LogP contribution in [0.15, 0.2) is 44.6 Å². The van der Waals surface area contributed by atoms with Crippen LogP contribution in [-0.4, -0.2) is 24.7 Å². The summed E-state index contributed by atoms with van der Waals surface area (Å²) in [7, 11) is 1.52. The van der Waals surface area contributed by atoms with E-state index in [4.69, 9.17) is 4.52 Å². The average molecular weight is 393 g/mol. The first-order valence-corrected chi connectivity index (χ1v) is 9.09. The van der Waals surface area contributed by atoms with E-state index in [0.717, 1.165) is 24.0 Å². The zero-order valence-electron chi connectivity index (χ0n) is 15.7. The highest BCUT2D eigenvalue weighted by molar-refractivity contribution is 5.78. The van der Waals surface area contributed by atoms with Crippen LogP contribution < -0.4 is 11.2 Å². The van der Waals surface area contributed by atoms with E-state index in [1.165, 1.54) is 29.9 Å². The second-order valence-electron chi connectivity index (χ2n) is 7.38. The van der Waals surface area contributed by atoms with Crippen molar-refractivity contribution in [1.82, 2.24) is 24.7 Å². The molecule has 29 heavy (non-hydrogen) atoms. The number of rotatable bonds is 3. The number of hydrogen-bond acceptors (Lipinski definition) is 6. The van der Waals surface area contributed by atoms with Gasteiger partial charge in [0.25, 0.3) is 11.4 Å². The summed E-state index contributed by atoms with van der Waals surface area (Å²) < 4.78 is 20.5. The summed E-state index contributed by atoms with van der Waals surface area (Å²) in [6, 6.07) is 6.26. The summed E-state index contributed by atoms with van der Waals surface area (Å²) in [6.07, 6.45) is 3.08. The van der Waals surface area contributed by atoms with E-state index >= 15 is 0 Å². The van der Waals surface area contributed by atoms with Crippen LogP contribution in [0.3, 0.4) is 0 Å². The monoisotopic (exact) mass is 393 g/mol. The minimum absolute atomic E-state index is 0.211. The zero-order valence-corrected chi connectivity index (χ0v) is 15.7. The van der Waals surface area contributed by atoms with E-state index in [1.807, 2.05) is 6.92 Å². The number of H-pyrrole nitrogens is 1. The SMILES string of the molecule is Cc1ccc(F)cc1C1(c2noc(-c3cnc4c(c3)c(=O)[nH]c(=O)n4C)n2)CC1. The Morgan fingerprint density at radius 3 is 2.79 bits per heavy atom. The summed E-state index contributed by atoms with van der Waals surface area (Å²) in [5.74, 6) is 0.391. The molecule has 0 radical (unpaired) electrons. The lowest BCUT2D eigenvalue weighted by atomic mass is 9.91. The molecule has 0 amide bonds. The van der Waals surface area contributed by atoms with Crippen LogP contribution in [0.1, 0.15) is 29.8 Å². The molecule has 0 atom stereocenters. The quantitative estimate of drug-likeness (QED) is 0.572. The molecule has 3 heterocycles. The van der Waals surface area contributed by atoms with Crippen molar-refractivity contribution in [1.29, 1.82) is 0 Å². The first-order chi connectivity index (χ1) is 13.9. The number of nitrogens with one attached hydrogen (secondary N) is 1. The highest BCUT2D eigenvalue weighted by Gasteiger charge is 2.51. The third-order valence-corrected chi connectivity index (χ3v) is 5.52. The van der Waals surface area contributed by atoms with Gasteiger partial charge in [0.2, 0.25) is 0 Å². The maximum absolute atomic E-state index is 13.8. The Bertz CT molecular complexity index is 1400. The van der Waals surface area contributed by atoms with Gasteiger partial charge < -0.3 is 4.52 Å². The first kappa shape index (κ1) is 17.5. The molecule has 146 valence electrons. The predicted molar refractivity (Wildman–Crippen MR) is 102 cm³/mol. The molecule has 9 heteroatoms. The molecule has 1 aromatic carbocycles. The van der Waals surface area contributed by atoms with Gasteiger partial charge in [-0.3, -0.25) is 14.3 Å². The number of aromatic amines is 1. The van der Waals surface area contributed by atoms with Crippen molar-refractivity contribution in [2.24, 2.45) is 7.05 Å². The first-order valence-electron chi connectivity index (χ1n) is 9.09. The maximum Gasteiger partial charge on any atom is 0.329 e. The molecule has 4 aromatic rings. The summed E-state index contributed by atoms with van der Waals surface area (Å²) in [5, 5.41) is 4.37. The van der Waals surface area contributed by atoms with Crippen LogP contribution in [0.4, 0.5) is 4.39 Å². The van der Waals surface area contributed by atoms with E-state index in [1.54, 1.807) is 12.1 Å². The number of fused-ring (bicyclic) bond motifs is 1. The Balaban J connectivity index is 1.60. The highest BCUT2D eigenvalue weighted by Crippen LogP contribution is 2.53. The van der Waals surface area contributed by atoms with Gasteiger partial charge in [-0.15, -0.1) is 0 Å². The Hall–Kier alpha value is -3.62. The van der Waals surface area contributed by atoms with Crippen molar-refractivity contribution in [2.75, 3.05) is 0 Å². The fourth-order valence-electron chi connectivity index (χ4n) is 3.74. The average Bonchev–Trinajstić information content (AvgIpc) is 3.36. The number of halogens is 1. The molecule has 1 saturated carbocycles. The van der Waals surface area contributed by atoms with Gasteiger partial charge >= 0.3 is 5.69 Å². The van der Waals surface area contributed by atoms with Gasteiger partial charge in [0, 0.05) is 13.2 Å². The van der Waals surface area contributed by atoms with E-state index in [2.05, 4.69) is 20.1 Å². The van der Waals surface area contributed by atoms with Gasteiger partial charge in [0.05, 0.1) is 16.4 Å². The minimum atomic E-state index is -0.538. The molecule has 5 rings (SSSR count). The molecule has 1 fully saturated rings. The lowest BCUT2D eigenvalue weighted by Gasteiger charge is -2.14. The van der Waals surface area contributed by atoms with E-state index in [-0.39, 0.29) is 22.7 Å². The molecule has 0 spiro atoms. The lowest BCUT2D eigenvalue weighted by molar-refractivity contribution is 0.417. The van der Waals surface area contributed by atoms with E-state index in [9.17, 15) is 14.0 Å². The Morgan fingerprint density at radius 1 is 1.24 bits per heavy atom. The van der Waals surface area contributed by atoms with Crippen molar-refractivity contribution in [2.45, 2.75) is 25.2 Å². The third kappa shape index (κ3) is 2.61. The lowest BCUT2D eigenvalue weighted by Crippen LogP contribution is -2.28. The molecule has 0 bridgehead atoms. The van der Waals surface area contributed by atoms with Gasteiger partial charge in [0.1, 0.15) is 11.5 Å². The van der Waals surface area contributed by atoms with Gasteiger partial charge in [-0.2, -0.15) is 4.98 Å². The van der Waals surface area contributed by atoms with Gasteiger partial charge in [0.15, 0.2) is 5.82 Å². The molecular weight excluding hydrogens is 377 g/mol. The smallest absolute Gasteiger partial charge is 0.329 e. The van der Waals surface area contributed by atoms with Crippen LogP contribution in [0.2, 0.25) is 0 Å².